The monoisotopic (exact) mass is 284 g/mol. The number of aromatic amines is 1. The number of hydrogen-bond donors (Lipinski definition) is 1. The number of rotatable bonds is 3. The summed E-state index contributed by atoms with van der Waals surface area (Å²) >= 11 is 5.34. The molecule has 0 spiro atoms. The van der Waals surface area contributed by atoms with Gasteiger partial charge < -0.3 is 0 Å². The molecule has 1 N–H and O–H groups in total. The Balaban J connectivity index is 2.10. The van der Waals surface area contributed by atoms with Crippen LogP contribution in [0.1, 0.15) is 31.2 Å². The van der Waals surface area contributed by atoms with E-state index < -0.39 is 0 Å². The molecule has 4 nitrogen and oxygen atoms in total. The van der Waals surface area contributed by atoms with Crippen molar-refractivity contribution in [3.63, 3.8) is 0 Å². The molecule has 0 unspecified atom stereocenters. The number of aromatic nitrogens is 4. The lowest BCUT2D eigenvalue weighted by molar-refractivity contribution is 0.666. The van der Waals surface area contributed by atoms with Crippen molar-refractivity contribution in [3.8, 4) is 0 Å². The molecule has 0 aliphatic rings. The van der Waals surface area contributed by atoms with E-state index in [4.69, 9.17) is 12.2 Å². The van der Waals surface area contributed by atoms with Crippen LogP contribution in [0, 0.1) is 4.77 Å². The molecule has 0 radical (unpaired) electrons. The van der Waals surface area contributed by atoms with Crippen molar-refractivity contribution in [2.45, 2.75) is 26.3 Å². The molecule has 0 atom stereocenters. The van der Waals surface area contributed by atoms with E-state index in [2.05, 4.69) is 53.3 Å². The fourth-order valence-corrected chi connectivity index (χ4v) is 2.59. The van der Waals surface area contributed by atoms with E-state index >= 15 is 0 Å². The van der Waals surface area contributed by atoms with Crippen LogP contribution in [0.3, 0.4) is 0 Å². The Morgan fingerprint density at radius 2 is 2.05 bits per heavy atom. The lowest BCUT2D eigenvalue weighted by Gasteiger charge is -2.10. The molecule has 0 aliphatic heterocycles. The second-order valence-electron chi connectivity index (χ2n) is 5.12. The van der Waals surface area contributed by atoms with Gasteiger partial charge in [-0.15, -0.1) is 0 Å². The molecule has 0 amide bonds. The average Bonchev–Trinajstić information content (AvgIpc) is 2.81. The Labute approximate surface area is 122 Å². The third-order valence-corrected chi connectivity index (χ3v) is 3.66. The van der Waals surface area contributed by atoms with Crippen LogP contribution >= 0.6 is 12.2 Å². The van der Waals surface area contributed by atoms with Crippen LogP contribution in [0.5, 0.6) is 0 Å². The molecule has 20 heavy (non-hydrogen) atoms. The summed E-state index contributed by atoms with van der Waals surface area (Å²) in [5, 5.41) is 8.34. The van der Waals surface area contributed by atoms with Crippen LogP contribution in [0.15, 0.2) is 36.5 Å². The first-order valence-electron chi connectivity index (χ1n) is 6.64. The van der Waals surface area contributed by atoms with Gasteiger partial charge in [-0.25, -0.2) is 0 Å². The smallest absolute Gasteiger partial charge is 0.195 e. The van der Waals surface area contributed by atoms with Crippen molar-refractivity contribution in [3.05, 3.63) is 52.7 Å². The van der Waals surface area contributed by atoms with Crippen molar-refractivity contribution >= 4 is 23.1 Å². The van der Waals surface area contributed by atoms with E-state index in [0.29, 0.717) is 17.2 Å². The van der Waals surface area contributed by atoms with Gasteiger partial charge in [0.2, 0.25) is 0 Å². The maximum absolute atomic E-state index is 5.34. The molecule has 5 heteroatoms. The van der Waals surface area contributed by atoms with E-state index in [9.17, 15) is 0 Å². The maximum atomic E-state index is 5.34. The highest BCUT2D eigenvalue weighted by Gasteiger charge is 2.11. The molecule has 1 aromatic carbocycles. The summed E-state index contributed by atoms with van der Waals surface area (Å²) in [6.45, 7) is 4.92. The molecule has 3 aromatic rings. The first kappa shape index (κ1) is 13.0. The van der Waals surface area contributed by atoms with Crippen molar-refractivity contribution in [1.82, 2.24) is 19.7 Å². The Bertz CT molecular complexity index is 795. The summed E-state index contributed by atoms with van der Waals surface area (Å²) in [7, 11) is 0. The van der Waals surface area contributed by atoms with E-state index in [1.807, 2.05) is 16.8 Å². The van der Waals surface area contributed by atoms with Gasteiger partial charge in [-0.3, -0.25) is 14.6 Å². The van der Waals surface area contributed by atoms with Crippen molar-refractivity contribution in [1.29, 1.82) is 0 Å². The minimum Gasteiger partial charge on any atom is -0.299 e. The maximum Gasteiger partial charge on any atom is 0.195 e. The lowest BCUT2D eigenvalue weighted by atomic mass is 10.1. The zero-order valence-corrected chi connectivity index (χ0v) is 12.3. The first-order valence-corrected chi connectivity index (χ1v) is 7.05. The summed E-state index contributed by atoms with van der Waals surface area (Å²) in [6, 6.07) is 10.2. The fourth-order valence-electron chi connectivity index (χ4n) is 2.39. The van der Waals surface area contributed by atoms with Crippen LogP contribution in [-0.4, -0.2) is 19.7 Å². The second kappa shape index (κ2) is 5.17. The van der Waals surface area contributed by atoms with Crippen LogP contribution in [0.25, 0.3) is 10.9 Å². The molecular formula is C15H16N4S. The molecule has 2 heterocycles. The van der Waals surface area contributed by atoms with Gasteiger partial charge in [-0.1, -0.05) is 38.1 Å². The molecule has 0 aliphatic carbocycles. The van der Waals surface area contributed by atoms with Crippen molar-refractivity contribution in [2.24, 2.45) is 0 Å². The Kier molecular flexibility index (Phi) is 3.36. The van der Waals surface area contributed by atoms with Gasteiger partial charge in [0.1, 0.15) is 5.82 Å². The third kappa shape index (κ3) is 2.25. The van der Waals surface area contributed by atoms with Gasteiger partial charge in [0.15, 0.2) is 4.77 Å². The molecule has 2 aromatic heterocycles. The number of para-hydroxylation sites is 1. The summed E-state index contributed by atoms with van der Waals surface area (Å²) in [5.74, 6) is 1.30. The van der Waals surface area contributed by atoms with E-state index in [1.165, 1.54) is 0 Å². The number of nitrogens with one attached hydrogen (secondary N) is 1. The van der Waals surface area contributed by atoms with Crippen LogP contribution in [0.2, 0.25) is 0 Å². The highest BCUT2D eigenvalue weighted by atomic mass is 32.1. The van der Waals surface area contributed by atoms with Crippen molar-refractivity contribution < 1.29 is 0 Å². The molecule has 3 rings (SSSR count). The number of H-pyrrole nitrogens is 1. The van der Waals surface area contributed by atoms with Gasteiger partial charge in [0.05, 0.1) is 12.1 Å². The second-order valence-corrected chi connectivity index (χ2v) is 5.51. The molecule has 0 bridgehead atoms. The first-order chi connectivity index (χ1) is 9.66. The van der Waals surface area contributed by atoms with Gasteiger partial charge in [-0.2, -0.15) is 5.10 Å². The number of benzene rings is 1. The summed E-state index contributed by atoms with van der Waals surface area (Å²) < 4.78 is 2.70. The number of nitrogens with zero attached hydrogens (tertiary/aromatic N) is 3. The van der Waals surface area contributed by atoms with Gasteiger partial charge in [0.25, 0.3) is 0 Å². The van der Waals surface area contributed by atoms with Gasteiger partial charge in [0, 0.05) is 17.5 Å². The minimum absolute atomic E-state index is 0.325. The molecule has 0 saturated heterocycles. The Hall–Kier alpha value is -2.01. The summed E-state index contributed by atoms with van der Waals surface area (Å²) in [5.41, 5.74) is 2.18. The fraction of sp³-hybridized carbons (Fsp3) is 0.267. The quantitative estimate of drug-likeness (QED) is 0.747. The van der Waals surface area contributed by atoms with E-state index in [-0.39, 0.29) is 0 Å². The number of pyridine rings is 1. The number of hydrogen-bond acceptors (Lipinski definition) is 3. The standard InChI is InChI=1S/C15H16N4S/c1-10(2)14-17-18-15(20)19(14)9-12-6-3-5-11-7-4-8-16-13(11)12/h3-8,10H,9H2,1-2H3,(H,18,20). The summed E-state index contributed by atoms with van der Waals surface area (Å²) in [6.07, 6.45) is 1.82. The van der Waals surface area contributed by atoms with Crippen LogP contribution in [0.4, 0.5) is 0 Å². The highest BCUT2D eigenvalue weighted by molar-refractivity contribution is 7.71. The van der Waals surface area contributed by atoms with Gasteiger partial charge >= 0.3 is 0 Å². The minimum atomic E-state index is 0.325. The normalized spacial score (nSPS) is 11.3. The van der Waals surface area contributed by atoms with Gasteiger partial charge in [-0.05, 0) is 23.8 Å². The molecule has 102 valence electrons. The predicted molar refractivity (Wildman–Crippen MR) is 82.3 cm³/mol. The summed E-state index contributed by atoms with van der Waals surface area (Å²) in [4.78, 5) is 4.49. The Morgan fingerprint density at radius 1 is 1.25 bits per heavy atom. The third-order valence-electron chi connectivity index (χ3n) is 3.35. The largest absolute Gasteiger partial charge is 0.299 e. The molecule has 0 fully saturated rings. The lowest BCUT2D eigenvalue weighted by Crippen LogP contribution is -2.07. The van der Waals surface area contributed by atoms with Crippen LogP contribution < -0.4 is 0 Å². The average molecular weight is 284 g/mol. The van der Waals surface area contributed by atoms with E-state index in [1.54, 1.807) is 0 Å². The molecular weight excluding hydrogens is 268 g/mol. The zero-order valence-electron chi connectivity index (χ0n) is 11.5. The van der Waals surface area contributed by atoms with Crippen molar-refractivity contribution in [2.75, 3.05) is 0 Å². The SMILES string of the molecule is CC(C)c1n[nH]c(=S)n1Cc1cccc2cccnc12. The topological polar surface area (TPSA) is 46.5 Å². The zero-order chi connectivity index (χ0) is 14.1. The van der Waals surface area contributed by atoms with E-state index in [0.717, 1.165) is 22.3 Å². The predicted octanol–water partition coefficient (Wildman–Crippen LogP) is 3.66. The molecule has 0 saturated carbocycles. The Morgan fingerprint density at radius 3 is 2.85 bits per heavy atom. The highest BCUT2D eigenvalue weighted by Crippen LogP contribution is 2.19. The van der Waals surface area contributed by atoms with Crippen LogP contribution in [-0.2, 0) is 6.54 Å². The number of fused-ring (bicyclic) bond motifs is 1.